The first-order valence-corrected chi connectivity index (χ1v) is 6.57. The molecule has 0 aliphatic heterocycles. The minimum absolute atomic E-state index is 0.249. The van der Waals surface area contributed by atoms with Crippen LogP contribution in [-0.4, -0.2) is 9.97 Å². The van der Waals surface area contributed by atoms with E-state index in [-0.39, 0.29) is 5.02 Å². The number of H-pyrrole nitrogens is 1. The zero-order valence-electron chi connectivity index (χ0n) is 10.8. The predicted molar refractivity (Wildman–Crippen MR) is 81.0 cm³/mol. The van der Waals surface area contributed by atoms with Gasteiger partial charge in [0.2, 0.25) is 0 Å². The van der Waals surface area contributed by atoms with Crippen molar-refractivity contribution >= 4 is 34.3 Å². The van der Waals surface area contributed by atoms with Gasteiger partial charge in [-0.2, -0.15) is 5.26 Å². The van der Waals surface area contributed by atoms with Gasteiger partial charge in [-0.05, 0) is 35.9 Å². The minimum Gasteiger partial charge on any atom is -0.337 e. The Bertz CT molecular complexity index is 857. The Balaban J connectivity index is 2.09. The first-order chi connectivity index (χ1) is 10.2. The monoisotopic (exact) mass is 297 g/mol. The highest BCUT2D eigenvalue weighted by Crippen LogP contribution is 2.23. The molecule has 0 spiro atoms. The molecule has 5 heteroatoms. The minimum atomic E-state index is -0.417. The highest BCUT2D eigenvalue weighted by molar-refractivity contribution is 6.32. The lowest BCUT2D eigenvalue weighted by Crippen LogP contribution is -1.86. The first kappa shape index (κ1) is 13.3. The number of hydrogen-bond donors (Lipinski definition) is 1. The Hall–Kier alpha value is -2.64. The van der Waals surface area contributed by atoms with Gasteiger partial charge in [0.15, 0.2) is 0 Å². The third-order valence-electron chi connectivity index (χ3n) is 3.03. The molecule has 3 aromatic rings. The summed E-state index contributed by atoms with van der Waals surface area (Å²) in [6.45, 7) is 0. The highest BCUT2D eigenvalue weighted by atomic mass is 35.5. The van der Waals surface area contributed by atoms with Crippen molar-refractivity contribution in [1.82, 2.24) is 9.97 Å². The molecule has 0 saturated heterocycles. The second-order valence-corrected chi connectivity index (χ2v) is 4.85. The molecule has 2 aromatic carbocycles. The molecule has 21 heavy (non-hydrogen) atoms. The van der Waals surface area contributed by atoms with Crippen LogP contribution in [0, 0.1) is 17.1 Å². The van der Waals surface area contributed by atoms with Crippen LogP contribution >= 0.6 is 11.6 Å². The zero-order chi connectivity index (χ0) is 14.8. The number of aromatic nitrogens is 2. The number of benzene rings is 2. The van der Waals surface area contributed by atoms with E-state index in [4.69, 9.17) is 11.6 Å². The summed E-state index contributed by atoms with van der Waals surface area (Å²) in [5, 5.41) is 9.56. The Labute approximate surface area is 125 Å². The Kier molecular flexibility index (Phi) is 3.43. The number of hydrogen-bond acceptors (Lipinski definition) is 2. The summed E-state index contributed by atoms with van der Waals surface area (Å²) in [4.78, 5) is 7.44. The van der Waals surface area contributed by atoms with Crippen LogP contribution in [-0.2, 0) is 0 Å². The summed E-state index contributed by atoms with van der Waals surface area (Å²) in [5.41, 5.74) is 2.52. The standard InChI is InChI=1S/C16H9ClFN3/c17-13-8-12(18)6-5-10(13)7-11(9-19)16-20-14-3-1-2-4-15(14)21-16/h1-8H,(H,20,21)/b11-7+. The molecule has 0 amide bonds. The van der Waals surface area contributed by atoms with Crippen molar-refractivity contribution in [2.45, 2.75) is 0 Å². The van der Waals surface area contributed by atoms with Crippen LogP contribution in [0.15, 0.2) is 42.5 Å². The van der Waals surface area contributed by atoms with E-state index < -0.39 is 5.82 Å². The molecule has 0 aliphatic carbocycles. The van der Waals surface area contributed by atoms with Crippen LogP contribution in [0.1, 0.15) is 11.4 Å². The fraction of sp³-hybridized carbons (Fsp3) is 0. The van der Waals surface area contributed by atoms with Crippen LogP contribution in [0.25, 0.3) is 22.7 Å². The number of para-hydroxylation sites is 2. The first-order valence-electron chi connectivity index (χ1n) is 6.19. The van der Waals surface area contributed by atoms with Crippen molar-refractivity contribution < 1.29 is 4.39 Å². The summed E-state index contributed by atoms with van der Waals surface area (Å²) in [6, 6.07) is 13.6. The molecule has 3 nitrogen and oxygen atoms in total. The SMILES string of the molecule is N#C/C(=C\c1ccc(F)cc1Cl)c1nc2ccccc2[nH]1. The maximum atomic E-state index is 13.0. The van der Waals surface area contributed by atoms with E-state index >= 15 is 0 Å². The molecule has 0 unspecified atom stereocenters. The molecule has 0 atom stereocenters. The van der Waals surface area contributed by atoms with Crippen molar-refractivity contribution in [2.75, 3.05) is 0 Å². The lowest BCUT2D eigenvalue weighted by Gasteiger charge is -1.99. The molecule has 0 aliphatic rings. The molecule has 0 saturated carbocycles. The number of fused-ring (bicyclic) bond motifs is 1. The topological polar surface area (TPSA) is 52.5 Å². The normalized spacial score (nSPS) is 11.6. The van der Waals surface area contributed by atoms with Crippen molar-refractivity contribution in [1.29, 1.82) is 5.26 Å². The van der Waals surface area contributed by atoms with Crippen LogP contribution in [0.2, 0.25) is 5.02 Å². The van der Waals surface area contributed by atoms with Crippen LogP contribution in [0.3, 0.4) is 0 Å². The van der Waals surface area contributed by atoms with E-state index in [2.05, 4.69) is 16.0 Å². The lowest BCUT2D eigenvalue weighted by molar-refractivity contribution is 0.628. The highest BCUT2D eigenvalue weighted by Gasteiger charge is 2.09. The largest absolute Gasteiger partial charge is 0.337 e. The quantitative estimate of drug-likeness (QED) is 0.712. The average molecular weight is 298 g/mol. The summed E-state index contributed by atoms with van der Waals surface area (Å²) in [6.07, 6.45) is 1.58. The van der Waals surface area contributed by atoms with E-state index in [0.717, 1.165) is 11.0 Å². The molecule has 0 radical (unpaired) electrons. The molecule has 1 N–H and O–H groups in total. The Morgan fingerprint density at radius 3 is 2.81 bits per heavy atom. The predicted octanol–water partition coefficient (Wildman–Crippen LogP) is 4.42. The number of nitrogens with one attached hydrogen (secondary N) is 1. The van der Waals surface area contributed by atoms with Gasteiger partial charge in [-0.25, -0.2) is 9.37 Å². The number of halogens is 2. The van der Waals surface area contributed by atoms with Gasteiger partial charge in [-0.3, -0.25) is 0 Å². The molecule has 1 aromatic heterocycles. The molecular formula is C16H9ClFN3. The number of allylic oxidation sites excluding steroid dienone is 1. The molecule has 0 fully saturated rings. The number of nitriles is 1. The van der Waals surface area contributed by atoms with Gasteiger partial charge >= 0.3 is 0 Å². The third kappa shape index (κ3) is 2.64. The summed E-state index contributed by atoms with van der Waals surface area (Å²) in [7, 11) is 0. The van der Waals surface area contributed by atoms with Crippen molar-refractivity contribution in [3.8, 4) is 6.07 Å². The van der Waals surface area contributed by atoms with Crippen molar-refractivity contribution in [3.63, 3.8) is 0 Å². The van der Waals surface area contributed by atoms with Crippen LogP contribution in [0.5, 0.6) is 0 Å². The van der Waals surface area contributed by atoms with Gasteiger partial charge in [-0.1, -0.05) is 29.8 Å². The average Bonchev–Trinajstić information content (AvgIpc) is 2.90. The van der Waals surface area contributed by atoms with E-state index in [1.165, 1.54) is 18.2 Å². The van der Waals surface area contributed by atoms with Crippen LogP contribution < -0.4 is 0 Å². The van der Waals surface area contributed by atoms with Crippen molar-refractivity contribution in [3.05, 3.63) is 64.7 Å². The molecular weight excluding hydrogens is 289 g/mol. The molecule has 102 valence electrons. The second-order valence-electron chi connectivity index (χ2n) is 4.44. The van der Waals surface area contributed by atoms with E-state index in [1.54, 1.807) is 6.08 Å². The smallest absolute Gasteiger partial charge is 0.149 e. The van der Waals surface area contributed by atoms with Gasteiger partial charge in [0.05, 0.1) is 21.6 Å². The third-order valence-corrected chi connectivity index (χ3v) is 3.35. The van der Waals surface area contributed by atoms with Gasteiger partial charge < -0.3 is 4.98 Å². The number of nitrogens with zero attached hydrogens (tertiary/aromatic N) is 2. The Morgan fingerprint density at radius 2 is 2.10 bits per heavy atom. The maximum absolute atomic E-state index is 13.0. The Morgan fingerprint density at radius 1 is 1.29 bits per heavy atom. The van der Waals surface area contributed by atoms with Gasteiger partial charge in [0, 0.05) is 0 Å². The fourth-order valence-electron chi connectivity index (χ4n) is 2.01. The van der Waals surface area contributed by atoms with Gasteiger partial charge in [-0.15, -0.1) is 0 Å². The molecule has 1 heterocycles. The fourth-order valence-corrected chi connectivity index (χ4v) is 2.23. The second kappa shape index (κ2) is 5.39. The number of aromatic amines is 1. The lowest BCUT2D eigenvalue weighted by atomic mass is 10.1. The molecule has 0 bridgehead atoms. The van der Waals surface area contributed by atoms with Gasteiger partial charge in [0.25, 0.3) is 0 Å². The number of rotatable bonds is 2. The number of imidazole rings is 1. The van der Waals surface area contributed by atoms with E-state index in [1.807, 2.05) is 24.3 Å². The maximum Gasteiger partial charge on any atom is 0.149 e. The van der Waals surface area contributed by atoms with E-state index in [0.29, 0.717) is 17.0 Å². The summed E-state index contributed by atoms with van der Waals surface area (Å²) >= 11 is 5.97. The summed E-state index contributed by atoms with van der Waals surface area (Å²) < 4.78 is 13.0. The zero-order valence-corrected chi connectivity index (χ0v) is 11.5. The molecule has 3 rings (SSSR count). The summed E-state index contributed by atoms with van der Waals surface area (Å²) in [5.74, 6) is 0.0403. The van der Waals surface area contributed by atoms with Crippen molar-refractivity contribution in [2.24, 2.45) is 0 Å². The van der Waals surface area contributed by atoms with E-state index in [9.17, 15) is 9.65 Å². The van der Waals surface area contributed by atoms with Crippen LogP contribution in [0.4, 0.5) is 4.39 Å². The van der Waals surface area contributed by atoms with Gasteiger partial charge in [0.1, 0.15) is 17.7 Å².